The summed E-state index contributed by atoms with van der Waals surface area (Å²) in [5.74, 6) is 0.842. The van der Waals surface area contributed by atoms with Crippen molar-refractivity contribution in [1.82, 2.24) is 9.80 Å². The lowest BCUT2D eigenvalue weighted by Crippen LogP contribution is -2.44. The lowest BCUT2D eigenvalue weighted by atomic mass is 10.2. The highest BCUT2D eigenvalue weighted by Gasteiger charge is 2.28. The Balaban J connectivity index is 1.58. The fourth-order valence-electron chi connectivity index (χ4n) is 3.35. The van der Waals surface area contributed by atoms with Gasteiger partial charge in [0.1, 0.15) is 5.75 Å². The highest BCUT2D eigenvalue weighted by Crippen LogP contribution is 2.23. The second kappa shape index (κ2) is 6.64. The van der Waals surface area contributed by atoms with Crippen LogP contribution in [0.15, 0.2) is 18.2 Å². The van der Waals surface area contributed by atoms with Crippen LogP contribution in [0.2, 0.25) is 0 Å². The number of anilines is 1. The molecule has 21 heavy (non-hydrogen) atoms. The molecule has 0 radical (unpaired) electrons. The zero-order valence-electron chi connectivity index (χ0n) is 12.8. The maximum Gasteiger partial charge on any atom is 0.121 e. The Morgan fingerprint density at radius 2 is 2.05 bits per heavy atom. The summed E-state index contributed by atoms with van der Waals surface area (Å²) in [6.45, 7) is 7.14. The molecule has 2 aliphatic rings. The molecule has 2 heterocycles. The zero-order valence-corrected chi connectivity index (χ0v) is 12.8. The fraction of sp³-hybridized carbons (Fsp3) is 0.625. The van der Waals surface area contributed by atoms with Crippen molar-refractivity contribution in [3.63, 3.8) is 0 Å². The number of hydrogen-bond acceptors (Lipinski definition) is 5. The number of likely N-dealkylation sites (tertiary alicyclic amines) is 1. The molecule has 0 spiro atoms. The van der Waals surface area contributed by atoms with Crippen LogP contribution in [0.25, 0.3) is 0 Å². The van der Waals surface area contributed by atoms with Crippen LogP contribution in [0.1, 0.15) is 12.0 Å². The largest absolute Gasteiger partial charge is 0.497 e. The average molecular weight is 291 g/mol. The predicted molar refractivity (Wildman–Crippen MR) is 83.5 cm³/mol. The SMILES string of the molecule is COc1cc(N)cc(CN2CCC(N3CCOCC3)C2)c1. The van der Waals surface area contributed by atoms with E-state index in [0.29, 0.717) is 6.04 Å². The molecule has 2 fully saturated rings. The number of methoxy groups -OCH3 is 1. The van der Waals surface area contributed by atoms with Crippen LogP contribution in [0.4, 0.5) is 5.69 Å². The van der Waals surface area contributed by atoms with E-state index in [9.17, 15) is 0 Å². The minimum Gasteiger partial charge on any atom is -0.497 e. The third kappa shape index (κ3) is 3.67. The van der Waals surface area contributed by atoms with Gasteiger partial charge in [-0.3, -0.25) is 9.80 Å². The zero-order chi connectivity index (χ0) is 14.7. The standard InChI is InChI=1S/C16H25N3O2/c1-20-16-9-13(8-14(17)10-16)11-18-3-2-15(12-18)19-4-6-21-7-5-19/h8-10,15H,2-7,11-12,17H2,1H3. The number of benzene rings is 1. The molecule has 1 unspecified atom stereocenters. The molecule has 2 saturated heterocycles. The van der Waals surface area contributed by atoms with Gasteiger partial charge in [-0.05, 0) is 24.1 Å². The molecule has 2 aliphatic heterocycles. The number of rotatable bonds is 4. The van der Waals surface area contributed by atoms with Crippen LogP contribution in [0.5, 0.6) is 5.75 Å². The Hall–Kier alpha value is -1.30. The number of nitrogen functional groups attached to an aromatic ring is 1. The fourth-order valence-corrected chi connectivity index (χ4v) is 3.35. The van der Waals surface area contributed by atoms with Gasteiger partial charge < -0.3 is 15.2 Å². The number of morpholine rings is 1. The summed E-state index contributed by atoms with van der Waals surface area (Å²) in [5.41, 5.74) is 7.94. The summed E-state index contributed by atoms with van der Waals surface area (Å²) in [7, 11) is 1.68. The van der Waals surface area contributed by atoms with Crippen LogP contribution in [0.3, 0.4) is 0 Å². The van der Waals surface area contributed by atoms with Crippen molar-refractivity contribution >= 4 is 5.69 Å². The Bertz CT molecular complexity index is 475. The van der Waals surface area contributed by atoms with E-state index >= 15 is 0 Å². The topological polar surface area (TPSA) is 51.0 Å². The van der Waals surface area contributed by atoms with E-state index in [2.05, 4.69) is 15.9 Å². The first-order valence-corrected chi connectivity index (χ1v) is 7.72. The second-order valence-electron chi connectivity index (χ2n) is 5.94. The Kier molecular flexibility index (Phi) is 4.63. The molecule has 5 nitrogen and oxygen atoms in total. The molecule has 5 heteroatoms. The highest BCUT2D eigenvalue weighted by atomic mass is 16.5. The van der Waals surface area contributed by atoms with Crippen LogP contribution in [-0.4, -0.2) is 62.3 Å². The van der Waals surface area contributed by atoms with Crippen molar-refractivity contribution in [3.8, 4) is 5.75 Å². The highest BCUT2D eigenvalue weighted by molar-refractivity contribution is 5.47. The van der Waals surface area contributed by atoms with Gasteiger partial charge in [0.2, 0.25) is 0 Å². The molecule has 3 rings (SSSR count). The van der Waals surface area contributed by atoms with Crippen molar-refractivity contribution in [3.05, 3.63) is 23.8 Å². The first-order chi connectivity index (χ1) is 10.2. The van der Waals surface area contributed by atoms with Crippen molar-refractivity contribution in [2.45, 2.75) is 19.0 Å². The molecule has 1 aromatic carbocycles. The van der Waals surface area contributed by atoms with Crippen LogP contribution in [0, 0.1) is 0 Å². The minimum atomic E-state index is 0.678. The van der Waals surface area contributed by atoms with Gasteiger partial charge >= 0.3 is 0 Å². The maximum atomic E-state index is 5.93. The molecule has 0 amide bonds. The van der Waals surface area contributed by atoms with E-state index < -0.39 is 0 Å². The van der Waals surface area contributed by atoms with Gasteiger partial charge in [0, 0.05) is 50.5 Å². The summed E-state index contributed by atoms with van der Waals surface area (Å²) in [6, 6.07) is 6.67. The van der Waals surface area contributed by atoms with Crippen molar-refractivity contribution < 1.29 is 9.47 Å². The minimum absolute atomic E-state index is 0.678. The molecule has 2 N–H and O–H groups in total. The van der Waals surface area contributed by atoms with E-state index in [-0.39, 0.29) is 0 Å². The molecule has 1 aromatic rings. The second-order valence-corrected chi connectivity index (χ2v) is 5.94. The Labute approximate surface area is 126 Å². The van der Waals surface area contributed by atoms with Crippen LogP contribution < -0.4 is 10.5 Å². The molecular formula is C16H25N3O2. The van der Waals surface area contributed by atoms with Crippen molar-refractivity contribution in [2.24, 2.45) is 0 Å². The van der Waals surface area contributed by atoms with E-state index in [4.69, 9.17) is 15.2 Å². The van der Waals surface area contributed by atoms with Gasteiger partial charge in [0.05, 0.1) is 20.3 Å². The Morgan fingerprint density at radius 3 is 2.81 bits per heavy atom. The van der Waals surface area contributed by atoms with Gasteiger partial charge in [-0.15, -0.1) is 0 Å². The summed E-state index contributed by atoms with van der Waals surface area (Å²) in [6.07, 6.45) is 1.25. The number of ether oxygens (including phenoxy) is 2. The maximum absolute atomic E-state index is 5.93. The van der Waals surface area contributed by atoms with Gasteiger partial charge in [-0.25, -0.2) is 0 Å². The molecule has 1 atom stereocenters. The summed E-state index contributed by atoms with van der Waals surface area (Å²) in [4.78, 5) is 5.08. The van der Waals surface area contributed by atoms with Gasteiger partial charge in [-0.2, -0.15) is 0 Å². The van der Waals surface area contributed by atoms with E-state index in [0.717, 1.165) is 57.4 Å². The first kappa shape index (κ1) is 14.6. The Morgan fingerprint density at radius 1 is 1.24 bits per heavy atom. The van der Waals surface area contributed by atoms with Gasteiger partial charge in [-0.1, -0.05) is 0 Å². The number of nitrogens with zero attached hydrogens (tertiary/aromatic N) is 2. The van der Waals surface area contributed by atoms with E-state index in [1.54, 1.807) is 7.11 Å². The third-order valence-corrected chi connectivity index (χ3v) is 4.44. The number of nitrogens with two attached hydrogens (primary N) is 1. The molecular weight excluding hydrogens is 266 g/mol. The summed E-state index contributed by atoms with van der Waals surface area (Å²) in [5, 5.41) is 0. The first-order valence-electron chi connectivity index (χ1n) is 7.72. The van der Waals surface area contributed by atoms with Crippen molar-refractivity contribution in [1.29, 1.82) is 0 Å². The molecule has 0 aromatic heterocycles. The molecule has 0 bridgehead atoms. The summed E-state index contributed by atoms with van der Waals surface area (Å²) >= 11 is 0. The van der Waals surface area contributed by atoms with Crippen LogP contribution in [-0.2, 0) is 11.3 Å². The average Bonchev–Trinajstić information content (AvgIpc) is 2.96. The quantitative estimate of drug-likeness (QED) is 0.844. The van der Waals surface area contributed by atoms with Crippen molar-refractivity contribution in [2.75, 3.05) is 52.2 Å². The number of hydrogen-bond donors (Lipinski definition) is 1. The summed E-state index contributed by atoms with van der Waals surface area (Å²) < 4.78 is 10.7. The van der Waals surface area contributed by atoms with Gasteiger partial charge in [0.25, 0.3) is 0 Å². The van der Waals surface area contributed by atoms with E-state index in [1.165, 1.54) is 12.0 Å². The molecule has 0 saturated carbocycles. The van der Waals surface area contributed by atoms with E-state index in [1.807, 2.05) is 12.1 Å². The third-order valence-electron chi connectivity index (χ3n) is 4.44. The normalized spacial score (nSPS) is 24.3. The molecule has 116 valence electrons. The van der Waals surface area contributed by atoms with Gasteiger partial charge in [0.15, 0.2) is 0 Å². The van der Waals surface area contributed by atoms with Crippen LogP contribution >= 0.6 is 0 Å². The lowest BCUT2D eigenvalue weighted by Gasteiger charge is -2.32. The predicted octanol–water partition coefficient (Wildman–Crippen LogP) is 1.18. The smallest absolute Gasteiger partial charge is 0.121 e. The lowest BCUT2D eigenvalue weighted by molar-refractivity contribution is 0.0184. The molecule has 0 aliphatic carbocycles. The monoisotopic (exact) mass is 291 g/mol.